The van der Waals surface area contributed by atoms with Gasteiger partial charge in [0.25, 0.3) is 0 Å². The lowest BCUT2D eigenvalue weighted by atomic mass is 10.0. The first-order chi connectivity index (χ1) is 25.2. The van der Waals surface area contributed by atoms with E-state index in [9.17, 15) is 15.0 Å². The van der Waals surface area contributed by atoms with Gasteiger partial charge >= 0.3 is 0 Å². The van der Waals surface area contributed by atoms with Gasteiger partial charge in [-0.25, -0.2) is 0 Å². The molecule has 0 aliphatic carbocycles. The number of hydrogen-bond acceptors (Lipinski definition) is 3. The van der Waals surface area contributed by atoms with Crippen molar-refractivity contribution >= 4 is 5.91 Å². The molecule has 0 aromatic rings. The predicted molar refractivity (Wildman–Crippen MR) is 226 cm³/mol. The van der Waals surface area contributed by atoms with E-state index in [-0.39, 0.29) is 12.5 Å². The number of allylic oxidation sites excluding steroid dienone is 1. The van der Waals surface area contributed by atoms with Crippen LogP contribution < -0.4 is 5.32 Å². The van der Waals surface area contributed by atoms with Crippen molar-refractivity contribution in [2.75, 3.05) is 6.61 Å². The molecule has 2 unspecified atom stereocenters. The highest BCUT2D eigenvalue weighted by Gasteiger charge is 2.17. The second kappa shape index (κ2) is 43.5. The fourth-order valence-electron chi connectivity index (χ4n) is 7.42. The van der Waals surface area contributed by atoms with Crippen LogP contribution in [0.2, 0.25) is 0 Å². The SMILES string of the molecule is CCCCCCCCCCCCCCCCCCCCCCCCCCCCCCCC/C=C/C(O)C(CO)NC(=O)CCCCCCCCC. The maximum absolute atomic E-state index is 12.2. The van der Waals surface area contributed by atoms with Crippen LogP contribution in [0, 0.1) is 0 Å². The summed E-state index contributed by atoms with van der Waals surface area (Å²) in [6.45, 7) is 4.28. The molecule has 4 heteroatoms. The summed E-state index contributed by atoms with van der Waals surface area (Å²) in [4.78, 5) is 12.2. The Labute approximate surface area is 320 Å². The average molecular weight is 720 g/mol. The number of unbranched alkanes of at least 4 members (excludes halogenated alkanes) is 36. The highest BCUT2D eigenvalue weighted by molar-refractivity contribution is 5.76. The number of rotatable bonds is 43. The van der Waals surface area contributed by atoms with Gasteiger partial charge in [0.1, 0.15) is 0 Å². The van der Waals surface area contributed by atoms with E-state index in [4.69, 9.17) is 0 Å². The van der Waals surface area contributed by atoms with E-state index in [1.807, 2.05) is 6.08 Å². The van der Waals surface area contributed by atoms with Crippen LogP contribution in [0.3, 0.4) is 0 Å². The van der Waals surface area contributed by atoms with Crippen LogP contribution in [0.15, 0.2) is 12.2 Å². The molecular formula is C47H93NO3. The maximum Gasteiger partial charge on any atom is 0.220 e. The third-order valence-electron chi connectivity index (χ3n) is 11.0. The molecule has 51 heavy (non-hydrogen) atoms. The summed E-state index contributed by atoms with van der Waals surface area (Å²) in [5.41, 5.74) is 0. The average Bonchev–Trinajstić information content (AvgIpc) is 3.13. The number of carbonyl (C=O) groups excluding carboxylic acids is 1. The van der Waals surface area contributed by atoms with Crippen LogP contribution in [0.4, 0.5) is 0 Å². The van der Waals surface area contributed by atoms with Crippen LogP contribution in [-0.4, -0.2) is 34.9 Å². The van der Waals surface area contributed by atoms with Gasteiger partial charge in [0.05, 0.1) is 18.8 Å². The third-order valence-corrected chi connectivity index (χ3v) is 11.0. The number of nitrogens with one attached hydrogen (secondary N) is 1. The van der Waals surface area contributed by atoms with Gasteiger partial charge in [-0.2, -0.15) is 0 Å². The molecule has 0 aliphatic heterocycles. The van der Waals surface area contributed by atoms with E-state index in [1.54, 1.807) is 6.08 Å². The number of aliphatic hydroxyl groups is 2. The van der Waals surface area contributed by atoms with Crippen molar-refractivity contribution in [1.29, 1.82) is 0 Å². The fraction of sp³-hybridized carbons (Fsp3) is 0.936. The Bertz CT molecular complexity index is 695. The second-order valence-corrected chi connectivity index (χ2v) is 16.2. The first kappa shape index (κ1) is 50.1. The van der Waals surface area contributed by atoms with Crippen LogP contribution in [0.1, 0.15) is 264 Å². The minimum Gasteiger partial charge on any atom is -0.394 e. The van der Waals surface area contributed by atoms with Gasteiger partial charge in [0.15, 0.2) is 0 Å². The van der Waals surface area contributed by atoms with Gasteiger partial charge in [0.2, 0.25) is 5.91 Å². The quantitative estimate of drug-likeness (QED) is 0.0434. The first-order valence-electron chi connectivity index (χ1n) is 23.4. The summed E-state index contributed by atoms with van der Waals surface area (Å²) in [6, 6.07) is -0.614. The van der Waals surface area contributed by atoms with E-state index in [0.717, 1.165) is 25.7 Å². The third kappa shape index (κ3) is 40.2. The maximum atomic E-state index is 12.2. The van der Waals surface area contributed by atoms with Gasteiger partial charge in [-0.1, -0.05) is 251 Å². The summed E-state index contributed by atoms with van der Waals surface area (Å²) >= 11 is 0. The lowest BCUT2D eigenvalue weighted by Gasteiger charge is -2.20. The Morgan fingerprint density at radius 3 is 1.02 bits per heavy atom. The largest absolute Gasteiger partial charge is 0.394 e. The second-order valence-electron chi connectivity index (χ2n) is 16.2. The standard InChI is InChI=1S/C47H93NO3/c1-3-5-7-9-11-12-13-14-15-16-17-18-19-20-21-22-23-24-25-26-27-28-29-30-31-32-33-34-35-37-38-40-42-46(50)45(44-49)48-47(51)43-41-39-36-10-8-6-4-2/h40,42,45-46,49-50H,3-39,41,43-44H2,1-2H3,(H,48,51)/b42-40+. The molecule has 4 nitrogen and oxygen atoms in total. The normalized spacial score (nSPS) is 12.9. The Morgan fingerprint density at radius 1 is 0.451 bits per heavy atom. The fourth-order valence-corrected chi connectivity index (χ4v) is 7.42. The van der Waals surface area contributed by atoms with Crippen LogP contribution >= 0.6 is 0 Å². The van der Waals surface area contributed by atoms with Crippen molar-refractivity contribution in [3.63, 3.8) is 0 Å². The summed E-state index contributed by atoms with van der Waals surface area (Å²) in [7, 11) is 0. The number of hydrogen-bond donors (Lipinski definition) is 3. The molecule has 0 rings (SSSR count). The van der Waals surface area contributed by atoms with Gasteiger partial charge in [0, 0.05) is 6.42 Å². The molecule has 0 radical (unpaired) electrons. The van der Waals surface area contributed by atoms with E-state index < -0.39 is 12.1 Å². The molecule has 2 atom stereocenters. The summed E-state index contributed by atoms with van der Waals surface area (Å²) in [5, 5.41) is 22.9. The number of amides is 1. The number of aliphatic hydroxyl groups excluding tert-OH is 2. The van der Waals surface area contributed by atoms with Crippen molar-refractivity contribution < 1.29 is 15.0 Å². The Morgan fingerprint density at radius 2 is 0.725 bits per heavy atom. The van der Waals surface area contributed by atoms with Crippen LogP contribution in [-0.2, 0) is 4.79 Å². The molecular weight excluding hydrogens is 627 g/mol. The zero-order chi connectivity index (χ0) is 37.1. The van der Waals surface area contributed by atoms with Gasteiger partial charge in [-0.3, -0.25) is 4.79 Å². The smallest absolute Gasteiger partial charge is 0.220 e. The summed E-state index contributed by atoms with van der Waals surface area (Å²) < 4.78 is 0. The molecule has 0 saturated carbocycles. The predicted octanol–water partition coefficient (Wildman–Crippen LogP) is 14.6. The zero-order valence-electron chi connectivity index (χ0n) is 34.9. The van der Waals surface area contributed by atoms with Crippen molar-refractivity contribution in [3.8, 4) is 0 Å². The highest BCUT2D eigenvalue weighted by Crippen LogP contribution is 2.17. The van der Waals surface area contributed by atoms with Gasteiger partial charge in [-0.05, 0) is 19.3 Å². The first-order valence-corrected chi connectivity index (χ1v) is 23.4. The Kier molecular flexibility index (Phi) is 42.8. The van der Waals surface area contributed by atoms with Crippen molar-refractivity contribution in [2.24, 2.45) is 0 Å². The molecule has 0 aromatic heterocycles. The van der Waals surface area contributed by atoms with Gasteiger partial charge in [-0.15, -0.1) is 0 Å². The summed E-state index contributed by atoms with van der Waals surface area (Å²) in [6.07, 6.45) is 55.2. The molecule has 1 amide bonds. The molecule has 3 N–H and O–H groups in total. The molecule has 0 aromatic carbocycles. The molecule has 0 spiro atoms. The monoisotopic (exact) mass is 720 g/mol. The molecule has 0 fully saturated rings. The summed E-state index contributed by atoms with van der Waals surface area (Å²) in [5.74, 6) is -0.0684. The molecule has 0 saturated heterocycles. The molecule has 0 heterocycles. The lowest BCUT2D eigenvalue weighted by molar-refractivity contribution is -0.123. The minimum atomic E-state index is -0.832. The highest BCUT2D eigenvalue weighted by atomic mass is 16.3. The Balaban J connectivity index is 3.36. The van der Waals surface area contributed by atoms with E-state index in [0.29, 0.717) is 6.42 Å². The zero-order valence-corrected chi connectivity index (χ0v) is 34.9. The van der Waals surface area contributed by atoms with E-state index >= 15 is 0 Å². The molecule has 0 aliphatic rings. The van der Waals surface area contributed by atoms with Crippen molar-refractivity contribution in [2.45, 2.75) is 276 Å². The molecule has 0 bridgehead atoms. The van der Waals surface area contributed by atoms with Crippen molar-refractivity contribution in [1.82, 2.24) is 5.32 Å². The van der Waals surface area contributed by atoms with Gasteiger partial charge < -0.3 is 15.5 Å². The van der Waals surface area contributed by atoms with Crippen LogP contribution in [0.25, 0.3) is 0 Å². The topological polar surface area (TPSA) is 69.6 Å². The van der Waals surface area contributed by atoms with E-state index in [1.165, 1.54) is 218 Å². The molecule has 304 valence electrons. The lowest BCUT2D eigenvalue weighted by Crippen LogP contribution is -2.45. The number of carbonyl (C=O) groups is 1. The Hall–Kier alpha value is -0.870. The van der Waals surface area contributed by atoms with Crippen molar-refractivity contribution in [3.05, 3.63) is 12.2 Å². The van der Waals surface area contributed by atoms with Crippen LogP contribution in [0.5, 0.6) is 0 Å². The minimum absolute atomic E-state index is 0.0684. The van der Waals surface area contributed by atoms with E-state index in [2.05, 4.69) is 19.2 Å².